The largest absolute Gasteiger partial charge is 0.373 e. The normalized spacial score (nSPS) is 14.2. The zero-order chi connectivity index (χ0) is 24.3. The molecule has 0 N–H and O–H groups in total. The van der Waals surface area contributed by atoms with Gasteiger partial charge < -0.3 is 4.90 Å². The minimum absolute atomic E-state index is 0.250. The predicted molar refractivity (Wildman–Crippen MR) is 137 cm³/mol. The molecule has 2 aromatic heterocycles. The van der Waals surface area contributed by atoms with Gasteiger partial charge in [-0.2, -0.15) is 9.59 Å². The fourth-order valence-corrected chi connectivity index (χ4v) is 6.01. The van der Waals surface area contributed by atoms with Gasteiger partial charge in [-0.1, -0.05) is 35.7 Å². The Balaban J connectivity index is 0.000000968. The van der Waals surface area contributed by atoms with E-state index in [0.717, 1.165) is 34.8 Å². The van der Waals surface area contributed by atoms with Crippen molar-refractivity contribution in [2.75, 3.05) is 18.0 Å². The van der Waals surface area contributed by atoms with Crippen LogP contribution in [0.2, 0.25) is 0 Å². The Morgan fingerprint density at radius 3 is 2.15 bits per heavy atom. The van der Waals surface area contributed by atoms with Crippen LogP contribution in [0.25, 0.3) is 16.7 Å². The fraction of sp³-hybridized carbons (Fsp3) is 0.481. The Bertz CT molecular complexity index is 1160. The van der Waals surface area contributed by atoms with E-state index in [0.29, 0.717) is 0 Å². The highest BCUT2D eigenvalue weighted by Gasteiger charge is 2.25. The molecule has 5 nitrogen and oxygen atoms in total. The number of carbonyl (C=O) groups excluding carboxylic acids is 2. The number of aromatic nitrogens is 2. The van der Waals surface area contributed by atoms with Crippen LogP contribution in [-0.2, 0) is 9.59 Å². The smallest absolute Gasteiger partial charge is 0.371 e. The summed E-state index contributed by atoms with van der Waals surface area (Å²) in [6.45, 7) is 15.7. The van der Waals surface area contributed by atoms with Gasteiger partial charge in [0.25, 0.3) is 0 Å². The minimum Gasteiger partial charge on any atom is -0.371 e. The molecular weight excluding hydrogens is 478 g/mol. The van der Waals surface area contributed by atoms with Gasteiger partial charge in [0.2, 0.25) is 0 Å². The van der Waals surface area contributed by atoms with Crippen molar-refractivity contribution >= 4 is 38.8 Å². The van der Waals surface area contributed by atoms with E-state index in [-0.39, 0.29) is 6.15 Å². The molecule has 0 saturated carbocycles. The average molecular weight is 512 g/mol. The Labute approximate surface area is 205 Å². The summed E-state index contributed by atoms with van der Waals surface area (Å²) in [5.41, 5.74) is 10.0. The van der Waals surface area contributed by atoms with Gasteiger partial charge in [-0.05, 0) is 88.3 Å². The van der Waals surface area contributed by atoms with E-state index < -0.39 is 0 Å². The molecule has 1 saturated heterocycles. The topological polar surface area (TPSA) is 55.2 Å². The number of aryl methyl sites for hydroxylation is 4. The van der Waals surface area contributed by atoms with Crippen molar-refractivity contribution in [3.8, 4) is 5.69 Å². The number of halogens is 1. The molecule has 33 heavy (non-hydrogen) atoms. The molecule has 4 rings (SSSR count). The van der Waals surface area contributed by atoms with Crippen LogP contribution in [0.1, 0.15) is 60.7 Å². The standard InChI is InChI=1S/C26H34BrN3.CO2/c1-7-8-21-9-11-29(12-10-21)23-15-18(4)28-26-24(23)19(5)20(6)30(26)25-16(2)13-22(27)14-17(25)3;2-1-3/h13-15,21H,7-12H2,1-6H3;. The number of nitrogens with zero attached hydrogens (tertiary/aromatic N) is 3. The third kappa shape index (κ3) is 5.07. The van der Waals surface area contributed by atoms with E-state index in [9.17, 15) is 0 Å². The lowest BCUT2D eigenvalue weighted by molar-refractivity contribution is -0.191. The molecule has 3 aromatic rings. The lowest BCUT2D eigenvalue weighted by atomic mass is 9.92. The number of pyridine rings is 1. The van der Waals surface area contributed by atoms with Gasteiger partial charge in [0.05, 0.1) is 5.69 Å². The maximum atomic E-state index is 8.12. The van der Waals surface area contributed by atoms with Gasteiger partial charge in [-0.25, -0.2) is 4.98 Å². The van der Waals surface area contributed by atoms with Gasteiger partial charge in [0, 0.05) is 40.0 Å². The quantitative estimate of drug-likeness (QED) is 0.388. The third-order valence-corrected chi connectivity index (χ3v) is 7.36. The first-order valence-corrected chi connectivity index (χ1v) is 12.5. The average Bonchev–Trinajstić information content (AvgIpc) is 2.99. The molecule has 0 spiro atoms. The van der Waals surface area contributed by atoms with Crippen molar-refractivity contribution in [2.45, 2.75) is 67.2 Å². The Morgan fingerprint density at radius 1 is 1.03 bits per heavy atom. The number of hydrogen-bond acceptors (Lipinski definition) is 4. The van der Waals surface area contributed by atoms with Crippen molar-refractivity contribution < 1.29 is 9.59 Å². The van der Waals surface area contributed by atoms with Crippen LogP contribution in [0.3, 0.4) is 0 Å². The van der Waals surface area contributed by atoms with Gasteiger partial charge >= 0.3 is 6.15 Å². The molecule has 1 fully saturated rings. The molecule has 1 aliphatic heterocycles. The second kappa shape index (κ2) is 10.7. The molecule has 6 heteroatoms. The molecule has 0 amide bonds. The highest BCUT2D eigenvalue weighted by atomic mass is 79.9. The van der Waals surface area contributed by atoms with Crippen LogP contribution in [0.4, 0.5) is 5.69 Å². The van der Waals surface area contributed by atoms with E-state index in [1.54, 1.807) is 0 Å². The van der Waals surface area contributed by atoms with Crippen LogP contribution in [0.15, 0.2) is 22.7 Å². The van der Waals surface area contributed by atoms with Gasteiger partial charge in [-0.15, -0.1) is 0 Å². The number of fused-ring (bicyclic) bond motifs is 1. The van der Waals surface area contributed by atoms with Crippen molar-refractivity contribution in [1.29, 1.82) is 0 Å². The van der Waals surface area contributed by atoms with Gasteiger partial charge in [0.1, 0.15) is 5.65 Å². The summed E-state index contributed by atoms with van der Waals surface area (Å²) in [7, 11) is 0. The zero-order valence-corrected chi connectivity index (χ0v) is 22.2. The van der Waals surface area contributed by atoms with E-state index in [2.05, 4.69) is 85.1 Å². The molecule has 0 unspecified atom stereocenters. The molecule has 1 aliphatic rings. The van der Waals surface area contributed by atoms with Crippen LogP contribution in [0.5, 0.6) is 0 Å². The molecular formula is C27H34BrN3O2. The van der Waals surface area contributed by atoms with E-state index in [1.165, 1.54) is 64.8 Å². The zero-order valence-electron chi connectivity index (χ0n) is 20.6. The van der Waals surface area contributed by atoms with Gasteiger partial charge in [-0.3, -0.25) is 4.57 Å². The predicted octanol–water partition coefficient (Wildman–Crippen LogP) is 6.76. The maximum absolute atomic E-state index is 8.12. The monoisotopic (exact) mass is 511 g/mol. The van der Waals surface area contributed by atoms with Crippen LogP contribution < -0.4 is 4.90 Å². The summed E-state index contributed by atoms with van der Waals surface area (Å²) >= 11 is 3.65. The summed E-state index contributed by atoms with van der Waals surface area (Å²) in [6, 6.07) is 6.72. The maximum Gasteiger partial charge on any atom is 0.373 e. The number of hydrogen-bond donors (Lipinski definition) is 0. The summed E-state index contributed by atoms with van der Waals surface area (Å²) in [5, 5.41) is 1.33. The summed E-state index contributed by atoms with van der Waals surface area (Å²) in [6.07, 6.45) is 5.53. The molecule has 0 radical (unpaired) electrons. The first-order chi connectivity index (χ1) is 15.7. The second-order valence-corrected chi connectivity index (χ2v) is 10.1. The summed E-state index contributed by atoms with van der Waals surface area (Å²) < 4.78 is 3.52. The van der Waals surface area contributed by atoms with E-state index in [1.807, 2.05) is 0 Å². The highest BCUT2D eigenvalue weighted by Crippen LogP contribution is 2.38. The summed E-state index contributed by atoms with van der Waals surface area (Å²) in [4.78, 5) is 23.9. The summed E-state index contributed by atoms with van der Waals surface area (Å²) in [5.74, 6) is 0.894. The number of rotatable bonds is 4. The number of piperidine rings is 1. The lowest BCUT2D eigenvalue weighted by Gasteiger charge is -2.34. The minimum atomic E-state index is 0.250. The van der Waals surface area contributed by atoms with Crippen molar-refractivity contribution in [1.82, 2.24) is 9.55 Å². The van der Waals surface area contributed by atoms with Crippen LogP contribution in [0, 0.1) is 40.5 Å². The number of benzene rings is 1. The van der Waals surface area contributed by atoms with Crippen LogP contribution >= 0.6 is 15.9 Å². The van der Waals surface area contributed by atoms with E-state index in [4.69, 9.17) is 14.6 Å². The highest BCUT2D eigenvalue weighted by molar-refractivity contribution is 9.10. The molecule has 0 bridgehead atoms. The molecule has 0 aliphatic carbocycles. The van der Waals surface area contributed by atoms with E-state index >= 15 is 0 Å². The first-order valence-electron chi connectivity index (χ1n) is 11.7. The van der Waals surface area contributed by atoms with Gasteiger partial charge in [0.15, 0.2) is 0 Å². The molecule has 0 atom stereocenters. The Hall–Kier alpha value is -2.43. The van der Waals surface area contributed by atoms with Crippen molar-refractivity contribution in [2.24, 2.45) is 5.92 Å². The Morgan fingerprint density at radius 2 is 1.61 bits per heavy atom. The lowest BCUT2D eigenvalue weighted by Crippen LogP contribution is -2.33. The van der Waals surface area contributed by atoms with Crippen molar-refractivity contribution in [3.63, 3.8) is 0 Å². The first kappa shape index (κ1) is 25.2. The molecule has 1 aromatic carbocycles. The SMILES string of the molecule is CCCC1CCN(c2cc(C)nc3c2c(C)c(C)n3-c2c(C)cc(Br)cc2C)CC1.O=C=O. The number of anilines is 1. The Kier molecular flexibility index (Phi) is 8.14. The molecule has 176 valence electrons. The third-order valence-electron chi connectivity index (χ3n) is 6.90. The molecule has 3 heterocycles. The fourth-order valence-electron chi connectivity index (χ4n) is 5.32. The second-order valence-electron chi connectivity index (χ2n) is 9.22. The van der Waals surface area contributed by atoms with Crippen molar-refractivity contribution in [3.05, 3.63) is 50.8 Å². The van der Waals surface area contributed by atoms with Crippen LogP contribution in [-0.4, -0.2) is 28.8 Å².